The maximum Gasteiger partial charge on any atom is 0.255 e. The summed E-state index contributed by atoms with van der Waals surface area (Å²) in [6, 6.07) is 3.74. The van der Waals surface area contributed by atoms with Gasteiger partial charge >= 0.3 is 0 Å². The highest BCUT2D eigenvalue weighted by Crippen LogP contribution is 2.13. The van der Waals surface area contributed by atoms with Crippen molar-refractivity contribution >= 4 is 16.8 Å². The van der Waals surface area contributed by atoms with Gasteiger partial charge in [-0.05, 0) is 39.2 Å². The smallest absolute Gasteiger partial charge is 0.255 e. The maximum absolute atomic E-state index is 12.1. The molecule has 0 saturated heterocycles. The van der Waals surface area contributed by atoms with Gasteiger partial charge in [0.25, 0.3) is 5.91 Å². The molecule has 0 radical (unpaired) electrons. The van der Waals surface area contributed by atoms with E-state index in [0.29, 0.717) is 17.6 Å². The van der Waals surface area contributed by atoms with E-state index in [1.165, 1.54) is 0 Å². The zero-order valence-corrected chi connectivity index (χ0v) is 11.3. The molecule has 5 heteroatoms. The van der Waals surface area contributed by atoms with Gasteiger partial charge < -0.3 is 10.2 Å². The predicted molar refractivity (Wildman–Crippen MR) is 75.0 cm³/mol. The van der Waals surface area contributed by atoms with E-state index < -0.39 is 0 Å². The lowest BCUT2D eigenvalue weighted by molar-refractivity contribution is 0.0953. The molecule has 0 atom stereocenters. The van der Waals surface area contributed by atoms with Crippen molar-refractivity contribution in [2.75, 3.05) is 27.2 Å². The monoisotopic (exact) mass is 258 g/mol. The van der Waals surface area contributed by atoms with Crippen LogP contribution < -0.4 is 5.32 Å². The highest BCUT2D eigenvalue weighted by Gasteiger charge is 2.10. The van der Waals surface area contributed by atoms with Gasteiger partial charge in [-0.15, -0.1) is 0 Å². The second kappa shape index (κ2) is 6.24. The van der Waals surface area contributed by atoms with Gasteiger partial charge in [0.05, 0.1) is 11.1 Å². The molecule has 0 fully saturated rings. The molecule has 0 aliphatic heterocycles. The summed E-state index contributed by atoms with van der Waals surface area (Å²) < 4.78 is 0. The Kier molecular flexibility index (Phi) is 4.41. The summed E-state index contributed by atoms with van der Waals surface area (Å²) in [5.74, 6) is -0.115. The van der Waals surface area contributed by atoms with Gasteiger partial charge in [0.15, 0.2) is 0 Å². The minimum atomic E-state index is -0.115. The SMILES string of the molecule is CN(C)CCCNC(=O)c1cncc2cccnc12. The molecule has 5 nitrogen and oxygen atoms in total. The molecule has 0 aliphatic rings. The molecule has 0 unspecified atom stereocenters. The Morgan fingerprint density at radius 3 is 3.00 bits per heavy atom. The molecule has 0 aromatic carbocycles. The molecule has 0 saturated carbocycles. The minimum absolute atomic E-state index is 0.115. The molecule has 1 amide bonds. The Labute approximate surface area is 112 Å². The molecule has 1 N–H and O–H groups in total. The number of carbonyl (C=O) groups excluding carboxylic acids is 1. The average molecular weight is 258 g/mol. The highest BCUT2D eigenvalue weighted by molar-refractivity contribution is 6.04. The number of nitrogens with one attached hydrogen (secondary N) is 1. The first-order valence-corrected chi connectivity index (χ1v) is 6.30. The topological polar surface area (TPSA) is 58.1 Å². The summed E-state index contributed by atoms with van der Waals surface area (Å²) in [6.07, 6.45) is 5.89. The molecule has 2 rings (SSSR count). The highest BCUT2D eigenvalue weighted by atomic mass is 16.1. The van der Waals surface area contributed by atoms with Gasteiger partial charge in [0.2, 0.25) is 0 Å². The van der Waals surface area contributed by atoms with Gasteiger partial charge in [0.1, 0.15) is 0 Å². The quantitative estimate of drug-likeness (QED) is 0.822. The van der Waals surface area contributed by atoms with Crippen LogP contribution in [0.25, 0.3) is 10.9 Å². The fraction of sp³-hybridized carbons (Fsp3) is 0.357. The van der Waals surface area contributed by atoms with E-state index in [1.54, 1.807) is 18.6 Å². The van der Waals surface area contributed by atoms with E-state index in [1.807, 2.05) is 26.2 Å². The standard InChI is InChI=1S/C14H18N4O/c1-18(2)8-4-7-17-14(19)12-10-15-9-11-5-3-6-16-13(11)12/h3,5-6,9-10H,4,7-8H2,1-2H3,(H,17,19). The summed E-state index contributed by atoms with van der Waals surface area (Å²) in [4.78, 5) is 22.5. The second-order valence-corrected chi connectivity index (χ2v) is 4.67. The number of aromatic nitrogens is 2. The van der Waals surface area contributed by atoms with Gasteiger partial charge in [0, 0.05) is 30.5 Å². The second-order valence-electron chi connectivity index (χ2n) is 4.67. The molecule has 2 heterocycles. The molecular formula is C14H18N4O. The minimum Gasteiger partial charge on any atom is -0.352 e. The third-order valence-electron chi connectivity index (χ3n) is 2.82. The van der Waals surface area contributed by atoms with Crippen molar-refractivity contribution in [3.8, 4) is 0 Å². The fourth-order valence-corrected chi connectivity index (χ4v) is 1.86. The number of hydrogen-bond donors (Lipinski definition) is 1. The van der Waals surface area contributed by atoms with Crippen LogP contribution in [0.3, 0.4) is 0 Å². The predicted octanol–water partition coefficient (Wildman–Crippen LogP) is 1.31. The number of amides is 1. The van der Waals surface area contributed by atoms with Crippen LogP contribution in [0.4, 0.5) is 0 Å². The van der Waals surface area contributed by atoms with Crippen LogP contribution in [0.1, 0.15) is 16.8 Å². The lowest BCUT2D eigenvalue weighted by Gasteiger charge is -2.10. The summed E-state index contributed by atoms with van der Waals surface area (Å²) in [5, 5.41) is 3.78. The van der Waals surface area contributed by atoms with E-state index in [9.17, 15) is 4.79 Å². The van der Waals surface area contributed by atoms with Crippen LogP contribution in [0.15, 0.2) is 30.7 Å². The zero-order valence-electron chi connectivity index (χ0n) is 11.3. The van der Waals surface area contributed by atoms with Gasteiger partial charge in [-0.1, -0.05) is 0 Å². The van der Waals surface area contributed by atoms with Crippen molar-refractivity contribution < 1.29 is 4.79 Å². The largest absolute Gasteiger partial charge is 0.352 e. The molecule has 0 bridgehead atoms. The Morgan fingerprint density at radius 2 is 2.21 bits per heavy atom. The molecule has 0 spiro atoms. The first-order chi connectivity index (χ1) is 9.18. The number of hydrogen-bond acceptors (Lipinski definition) is 4. The average Bonchev–Trinajstić information content (AvgIpc) is 2.42. The number of pyridine rings is 2. The van der Waals surface area contributed by atoms with Crippen molar-refractivity contribution in [1.29, 1.82) is 0 Å². The van der Waals surface area contributed by atoms with Crippen LogP contribution in [-0.4, -0.2) is 48.0 Å². The first-order valence-electron chi connectivity index (χ1n) is 6.30. The summed E-state index contributed by atoms with van der Waals surface area (Å²) in [6.45, 7) is 1.60. The lowest BCUT2D eigenvalue weighted by Crippen LogP contribution is -2.27. The van der Waals surface area contributed by atoms with E-state index in [0.717, 1.165) is 18.4 Å². The van der Waals surface area contributed by atoms with Crippen molar-refractivity contribution in [2.45, 2.75) is 6.42 Å². The van der Waals surface area contributed by atoms with Crippen LogP contribution in [0.5, 0.6) is 0 Å². The third kappa shape index (κ3) is 3.48. The first kappa shape index (κ1) is 13.4. The number of rotatable bonds is 5. The fourth-order valence-electron chi connectivity index (χ4n) is 1.86. The van der Waals surface area contributed by atoms with Crippen LogP contribution >= 0.6 is 0 Å². The van der Waals surface area contributed by atoms with Crippen molar-refractivity contribution in [2.24, 2.45) is 0 Å². The molecular weight excluding hydrogens is 240 g/mol. The van der Waals surface area contributed by atoms with Crippen LogP contribution in [-0.2, 0) is 0 Å². The van der Waals surface area contributed by atoms with Gasteiger partial charge in [-0.3, -0.25) is 14.8 Å². The van der Waals surface area contributed by atoms with Gasteiger partial charge in [-0.2, -0.15) is 0 Å². The molecule has 0 aliphatic carbocycles. The number of fused-ring (bicyclic) bond motifs is 1. The summed E-state index contributed by atoms with van der Waals surface area (Å²) >= 11 is 0. The normalized spacial score (nSPS) is 10.9. The van der Waals surface area contributed by atoms with Crippen molar-refractivity contribution in [3.05, 3.63) is 36.3 Å². The van der Waals surface area contributed by atoms with E-state index in [2.05, 4.69) is 20.2 Å². The molecule has 19 heavy (non-hydrogen) atoms. The Morgan fingerprint density at radius 1 is 1.37 bits per heavy atom. The number of nitrogens with zero attached hydrogens (tertiary/aromatic N) is 3. The molecule has 2 aromatic heterocycles. The Balaban J connectivity index is 2.05. The van der Waals surface area contributed by atoms with E-state index >= 15 is 0 Å². The summed E-state index contributed by atoms with van der Waals surface area (Å²) in [7, 11) is 4.03. The Bertz CT molecular complexity index is 563. The van der Waals surface area contributed by atoms with Crippen molar-refractivity contribution in [3.63, 3.8) is 0 Å². The lowest BCUT2D eigenvalue weighted by atomic mass is 10.1. The van der Waals surface area contributed by atoms with Crippen molar-refractivity contribution in [1.82, 2.24) is 20.2 Å². The van der Waals surface area contributed by atoms with Crippen LogP contribution in [0.2, 0.25) is 0 Å². The molecule has 100 valence electrons. The maximum atomic E-state index is 12.1. The zero-order chi connectivity index (χ0) is 13.7. The Hall–Kier alpha value is -2.01. The van der Waals surface area contributed by atoms with Gasteiger partial charge in [-0.25, -0.2) is 0 Å². The number of carbonyl (C=O) groups is 1. The third-order valence-corrected chi connectivity index (χ3v) is 2.82. The summed E-state index contributed by atoms with van der Waals surface area (Å²) in [5.41, 5.74) is 1.23. The molecule has 2 aromatic rings. The van der Waals surface area contributed by atoms with E-state index in [4.69, 9.17) is 0 Å². The van der Waals surface area contributed by atoms with Crippen LogP contribution in [0, 0.1) is 0 Å². The van der Waals surface area contributed by atoms with E-state index in [-0.39, 0.29) is 5.91 Å².